The molecule has 1 N–H and O–H groups in total. The van der Waals surface area contributed by atoms with E-state index in [2.05, 4.69) is 17.1 Å². The molecule has 2 heterocycles. The summed E-state index contributed by atoms with van der Waals surface area (Å²) in [4.78, 5) is 28.3. The van der Waals surface area contributed by atoms with Crippen LogP contribution in [0, 0.1) is 5.82 Å². The Bertz CT molecular complexity index is 1310. The van der Waals surface area contributed by atoms with Gasteiger partial charge in [-0.2, -0.15) is 0 Å². The number of nitrogens with one attached hydrogen (secondary N) is 1. The molecule has 5 nitrogen and oxygen atoms in total. The first-order valence-electron chi connectivity index (χ1n) is 10.2. The highest BCUT2D eigenvalue weighted by Gasteiger charge is 2.28. The van der Waals surface area contributed by atoms with E-state index < -0.39 is 5.82 Å². The number of carbonyl (C=O) groups is 1. The summed E-state index contributed by atoms with van der Waals surface area (Å²) in [5.74, 6) is -0.742. The number of likely N-dealkylation sites (N-methyl/N-ethyl adjacent to an activating group) is 1. The van der Waals surface area contributed by atoms with E-state index in [-0.39, 0.29) is 17.5 Å². The Kier molecular flexibility index (Phi) is 5.89. The number of carbonyl (C=O) groups excluding carboxylic acids is 1. The van der Waals surface area contributed by atoms with Gasteiger partial charge in [-0.3, -0.25) is 14.2 Å². The minimum absolute atomic E-state index is 0.118. The highest BCUT2D eigenvalue weighted by molar-refractivity contribution is 7.07. The van der Waals surface area contributed by atoms with Crippen LogP contribution in [0.1, 0.15) is 24.5 Å². The van der Waals surface area contributed by atoms with Crippen molar-refractivity contribution in [3.05, 3.63) is 85.0 Å². The van der Waals surface area contributed by atoms with Crippen molar-refractivity contribution in [2.24, 2.45) is 0 Å². The Labute approximate surface area is 183 Å². The van der Waals surface area contributed by atoms with Crippen molar-refractivity contribution in [3.63, 3.8) is 0 Å². The summed E-state index contributed by atoms with van der Waals surface area (Å²) in [6.45, 7) is 2.51. The number of hydrogen-bond acceptors (Lipinski definition) is 4. The van der Waals surface area contributed by atoms with Crippen LogP contribution in [0.3, 0.4) is 0 Å². The Balaban J connectivity index is 2.02. The predicted molar refractivity (Wildman–Crippen MR) is 123 cm³/mol. The van der Waals surface area contributed by atoms with Crippen LogP contribution in [-0.4, -0.2) is 35.5 Å². The van der Waals surface area contributed by atoms with Gasteiger partial charge in [-0.05, 0) is 50.4 Å². The van der Waals surface area contributed by atoms with E-state index in [1.165, 1.54) is 23.5 Å². The molecule has 1 aromatic heterocycles. The molecule has 2 aromatic carbocycles. The minimum atomic E-state index is -0.422. The standard InChI is InChI=1S/C24H24FN3O2S/c1-4-17(27(2)3)14-28-23(30)20(12-15-8-6-5-7-9-15)31-24(28)21-18-13-16(25)10-11-19(18)26-22(21)29/h5-13,17H,4,14H2,1-3H3,(H,26,29)/b20-12+,24-21+. The molecule has 0 saturated carbocycles. The average Bonchev–Trinajstić information content (AvgIpc) is 3.22. The van der Waals surface area contributed by atoms with Gasteiger partial charge in [0.05, 0.1) is 10.1 Å². The molecule has 0 saturated heterocycles. The van der Waals surface area contributed by atoms with Gasteiger partial charge in [0.1, 0.15) is 10.5 Å². The average molecular weight is 438 g/mol. The Morgan fingerprint density at radius 1 is 1.16 bits per heavy atom. The first-order valence-corrected chi connectivity index (χ1v) is 11.0. The zero-order valence-electron chi connectivity index (χ0n) is 17.7. The summed E-state index contributed by atoms with van der Waals surface area (Å²) < 4.78 is 16.8. The van der Waals surface area contributed by atoms with E-state index in [0.717, 1.165) is 12.0 Å². The van der Waals surface area contributed by atoms with Crippen molar-refractivity contribution in [3.8, 4) is 0 Å². The normalized spacial score (nSPS) is 16.5. The topological polar surface area (TPSA) is 54.3 Å². The molecular formula is C24H24FN3O2S. The van der Waals surface area contributed by atoms with E-state index in [1.807, 2.05) is 50.5 Å². The summed E-state index contributed by atoms with van der Waals surface area (Å²) in [6.07, 6.45) is 2.68. The van der Waals surface area contributed by atoms with Crippen LogP contribution >= 0.6 is 11.3 Å². The molecule has 7 heteroatoms. The Hall–Kier alpha value is -3.03. The molecular weight excluding hydrogens is 413 g/mol. The van der Waals surface area contributed by atoms with Crippen LogP contribution < -0.4 is 20.1 Å². The van der Waals surface area contributed by atoms with Crippen LogP contribution in [0.5, 0.6) is 0 Å². The number of anilines is 1. The van der Waals surface area contributed by atoms with Crippen LogP contribution in [0.2, 0.25) is 0 Å². The van der Waals surface area contributed by atoms with Gasteiger partial charge < -0.3 is 10.2 Å². The van der Waals surface area contributed by atoms with Crippen molar-refractivity contribution >= 4 is 34.6 Å². The molecule has 31 heavy (non-hydrogen) atoms. The molecule has 0 bridgehead atoms. The number of benzene rings is 2. The molecule has 3 aromatic rings. The molecule has 0 spiro atoms. The quantitative estimate of drug-likeness (QED) is 0.667. The van der Waals surface area contributed by atoms with Gasteiger partial charge in [0.25, 0.3) is 11.5 Å². The second kappa shape index (κ2) is 8.61. The van der Waals surface area contributed by atoms with Crippen LogP contribution in [0.4, 0.5) is 10.1 Å². The monoisotopic (exact) mass is 437 g/mol. The first-order chi connectivity index (χ1) is 14.9. The first kappa shape index (κ1) is 21.2. The summed E-state index contributed by atoms with van der Waals surface area (Å²) >= 11 is 1.27. The van der Waals surface area contributed by atoms with Gasteiger partial charge in [-0.1, -0.05) is 37.3 Å². The third kappa shape index (κ3) is 4.11. The van der Waals surface area contributed by atoms with E-state index in [1.54, 1.807) is 10.6 Å². The fraction of sp³-hybridized carbons (Fsp3) is 0.250. The van der Waals surface area contributed by atoms with Gasteiger partial charge in [-0.25, -0.2) is 4.39 Å². The number of nitrogens with zero attached hydrogens (tertiary/aromatic N) is 2. The SMILES string of the molecule is CCC(Cn1c(=O)/c(=C\c2ccccc2)s/c1=C1/C(=O)Nc2ccc(F)cc21)N(C)C. The number of aromatic nitrogens is 1. The lowest BCUT2D eigenvalue weighted by Crippen LogP contribution is -2.41. The second-order valence-electron chi connectivity index (χ2n) is 7.79. The van der Waals surface area contributed by atoms with Gasteiger partial charge in [0.15, 0.2) is 0 Å². The lowest BCUT2D eigenvalue weighted by atomic mass is 10.1. The smallest absolute Gasteiger partial charge is 0.269 e. The maximum atomic E-state index is 14.0. The molecule has 1 aliphatic rings. The predicted octanol–water partition coefficient (Wildman–Crippen LogP) is 2.37. The van der Waals surface area contributed by atoms with Crippen molar-refractivity contribution in [2.45, 2.75) is 25.9 Å². The molecule has 1 atom stereocenters. The number of amides is 1. The van der Waals surface area contributed by atoms with Crippen LogP contribution in [0.15, 0.2) is 53.3 Å². The molecule has 1 unspecified atom stereocenters. The maximum absolute atomic E-state index is 14.0. The Morgan fingerprint density at radius 3 is 2.58 bits per heavy atom. The van der Waals surface area contributed by atoms with Crippen molar-refractivity contribution in [2.75, 3.05) is 19.4 Å². The maximum Gasteiger partial charge on any atom is 0.269 e. The number of rotatable bonds is 5. The lowest BCUT2D eigenvalue weighted by molar-refractivity contribution is -0.110. The summed E-state index contributed by atoms with van der Waals surface area (Å²) in [7, 11) is 3.95. The number of hydrogen-bond donors (Lipinski definition) is 1. The highest BCUT2D eigenvalue weighted by Crippen LogP contribution is 2.30. The fourth-order valence-electron chi connectivity index (χ4n) is 3.79. The summed E-state index contributed by atoms with van der Waals surface area (Å²) in [5.41, 5.74) is 2.16. The Morgan fingerprint density at radius 2 is 1.90 bits per heavy atom. The zero-order chi connectivity index (χ0) is 22.1. The molecule has 4 rings (SSSR count). The van der Waals surface area contributed by atoms with Crippen molar-refractivity contribution in [1.29, 1.82) is 0 Å². The molecule has 160 valence electrons. The summed E-state index contributed by atoms with van der Waals surface area (Å²) in [5, 5.41) is 2.80. The van der Waals surface area contributed by atoms with Crippen molar-refractivity contribution < 1.29 is 9.18 Å². The largest absolute Gasteiger partial charge is 0.321 e. The second-order valence-corrected chi connectivity index (χ2v) is 8.82. The van der Waals surface area contributed by atoms with Crippen LogP contribution in [0.25, 0.3) is 11.6 Å². The van der Waals surface area contributed by atoms with Crippen molar-refractivity contribution in [1.82, 2.24) is 9.47 Å². The number of fused-ring (bicyclic) bond motifs is 1. The van der Waals surface area contributed by atoms with Gasteiger partial charge in [0, 0.05) is 23.8 Å². The zero-order valence-corrected chi connectivity index (χ0v) is 18.5. The number of thiazole rings is 1. The fourth-order valence-corrected chi connectivity index (χ4v) is 4.97. The van der Waals surface area contributed by atoms with E-state index in [9.17, 15) is 14.0 Å². The lowest BCUT2D eigenvalue weighted by Gasteiger charge is -2.23. The van der Waals surface area contributed by atoms with Crippen LogP contribution in [-0.2, 0) is 11.3 Å². The molecule has 0 radical (unpaired) electrons. The van der Waals surface area contributed by atoms with Gasteiger partial charge in [-0.15, -0.1) is 11.3 Å². The molecule has 1 aliphatic heterocycles. The number of halogens is 1. The summed E-state index contributed by atoms with van der Waals surface area (Å²) in [6, 6.07) is 13.9. The molecule has 0 fully saturated rings. The van der Waals surface area contributed by atoms with Gasteiger partial charge in [0.2, 0.25) is 0 Å². The minimum Gasteiger partial charge on any atom is -0.321 e. The van der Waals surface area contributed by atoms with Gasteiger partial charge >= 0.3 is 0 Å². The highest BCUT2D eigenvalue weighted by atomic mass is 32.1. The third-order valence-electron chi connectivity index (χ3n) is 5.54. The van der Waals surface area contributed by atoms with E-state index in [4.69, 9.17) is 0 Å². The van der Waals surface area contributed by atoms with E-state index in [0.29, 0.717) is 32.6 Å². The third-order valence-corrected chi connectivity index (χ3v) is 6.67. The molecule has 1 amide bonds. The molecule has 0 aliphatic carbocycles. The van der Waals surface area contributed by atoms with E-state index >= 15 is 0 Å².